The molecule has 0 unspecified atom stereocenters. The quantitative estimate of drug-likeness (QED) is 0.902. The summed E-state index contributed by atoms with van der Waals surface area (Å²) in [5.41, 5.74) is 0.778. The van der Waals surface area contributed by atoms with E-state index in [0.717, 1.165) is 10.7 Å². The van der Waals surface area contributed by atoms with Gasteiger partial charge in [0.1, 0.15) is 11.9 Å². The van der Waals surface area contributed by atoms with Crippen molar-refractivity contribution in [2.75, 3.05) is 5.32 Å². The van der Waals surface area contributed by atoms with Crippen molar-refractivity contribution in [3.63, 3.8) is 0 Å². The number of anilines is 2. The Morgan fingerprint density at radius 2 is 2.21 bits per heavy atom. The highest BCUT2D eigenvalue weighted by atomic mass is 79.9. The van der Waals surface area contributed by atoms with E-state index >= 15 is 0 Å². The lowest BCUT2D eigenvalue weighted by atomic mass is 10.2. The molecule has 19 heavy (non-hydrogen) atoms. The van der Waals surface area contributed by atoms with Crippen LogP contribution in [0.3, 0.4) is 0 Å². The van der Waals surface area contributed by atoms with E-state index < -0.39 is 5.97 Å². The van der Waals surface area contributed by atoms with Gasteiger partial charge in [0.15, 0.2) is 5.69 Å². The fourth-order valence-corrected chi connectivity index (χ4v) is 1.75. The minimum atomic E-state index is -1.16. The number of carbonyl (C=O) groups is 1. The number of nitrogens with one attached hydrogen (secondary N) is 1. The standard InChI is InChI=1S/C12H7BrN4O2/c13-8-1-2-9(7(3-8)4-14)16-11-6-15-5-10(17-11)12(18)19/h1-3,5-6H,(H,16,17)(H,18,19). The summed E-state index contributed by atoms with van der Waals surface area (Å²) in [6.45, 7) is 0. The van der Waals surface area contributed by atoms with Gasteiger partial charge in [-0.3, -0.25) is 4.98 Å². The number of benzene rings is 1. The lowest BCUT2D eigenvalue weighted by molar-refractivity contribution is 0.0690. The molecule has 0 aliphatic rings. The third kappa shape index (κ3) is 3.05. The molecule has 2 rings (SSSR count). The molecule has 0 bridgehead atoms. The van der Waals surface area contributed by atoms with E-state index in [0.29, 0.717) is 11.3 Å². The number of nitriles is 1. The summed E-state index contributed by atoms with van der Waals surface area (Å²) in [5, 5.41) is 20.7. The number of hydrogen-bond acceptors (Lipinski definition) is 5. The van der Waals surface area contributed by atoms with Crippen molar-refractivity contribution in [2.24, 2.45) is 0 Å². The van der Waals surface area contributed by atoms with Crippen molar-refractivity contribution in [3.05, 3.63) is 46.3 Å². The van der Waals surface area contributed by atoms with Crippen LogP contribution in [0, 0.1) is 11.3 Å². The molecule has 2 N–H and O–H groups in total. The molecule has 0 spiro atoms. The Morgan fingerprint density at radius 3 is 2.89 bits per heavy atom. The first-order valence-corrected chi connectivity index (χ1v) is 5.91. The van der Waals surface area contributed by atoms with Gasteiger partial charge in [-0.25, -0.2) is 9.78 Å². The third-order valence-electron chi connectivity index (χ3n) is 2.22. The van der Waals surface area contributed by atoms with E-state index in [-0.39, 0.29) is 11.5 Å². The Bertz CT molecular complexity index is 682. The van der Waals surface area contributed by atoms with Crippen LogP contribution in [-0.4, -0.2) is 21.0 Å². The zero-order valence-corrected chi connectivity index (χ0v) is 11.0. The Kier molecular flexibility index (Phi) is 3.73. The molecule has 0 saturated heterocycles. The van der Waals surface area contributed by atoms with Gasteiger partial charge >= 0.3 is 5.97 Å². The summed E-state index contributed by atoms with van der Waals surface area (Å²) in [5.74, 6) is -0.897. The number of rotatable bonds is 3. The molecule has 0 saturated carbocycles. The molecular formula is C12H7BrN4O2. The maximum atomic E-state index is 10.8. The van der Waals surface area contributed by atoms with Crippen LogP contribution in [0.15, 0.2) is 35.1 Å². The van der Waals surface area contributed by atoms with Gasteiger partial charge in [-0.1, -0.05) is 15.9 Å². The van der Waals surface area contributed by atoms with Crippen molar-refractivity contribution in [1.82, 2.24) is 9.97 Å². The molecule has 0 radical (unpaired) electrons. The number of carboxylic acids is 1. The predicted octanol–water partition coefficient (Wildman–Crippen LogP) is 2.55. The van der Waals surface area contributed by atoms with E-state index in [1.807, 2.05) is 6.07 Å². The molecule has 0 atom stereocenters. The van der Waals surface area contributed by atoms with Gasteiger partial charge < -0.3 is 10.4 Å². The Balaban J connectivity index is 2.34. The number of aromatic nitrogens is 2. The van der Waals surface area contributed by atoms with E-state index in [2.05, 4.69) is 31.2 Å². The molecule has 7 heteroatoms. The number of aromatic carboxylic acids is 1. The van der Waals surface area contributed by atoms with Crippen molar-refractivity contribution in [1.29, 1.82) is 5.26 Å². The summed E-state index contributed by atoms with van der Waals surface area (Å²) in [6.07, 6.45) is 2.54. The maximum absolute atomic E-state index is 10.8. The van der Waals surface area contributed by atoms with Gasteiger partial charge in [0.05, 0.1) is 23.6 Å². The van der Waals surface area contributed by atoms with Gasteiger partial charge in [0, 0.05) is 4.47 Å². The lowest BCUT2D eigenvalue weighted by Crippen LogP contribution is -2.04. The van der Waals surface area contributed by atoms with Crippen molar-refractivity contribution >= 4 is 33.4 Å². The zero-order valence-electron chi connectivity index (χ0n) is 9.46. The largest absolute Gasteiger partial charge is 0.476 e. The fraction of sp³-hybridized carbons (Fsp3) is 0. The van der Waals surface area contributed by atoms with Crippen LogP contribution in [0.4, 0.5) is 11.5 Å². The average Bonchev–Trinajstić information content (AvgIpc) is 2.41. The zero-order chi connectivity index (χ0) is 13.8. The molecule has 1 heterocycles. The van der Waals surface area contributed by atoms with Crippen LogP contribution in [0.5, 0.6) is 0 Å². The first-order valence-electron chi connectivity index (χ1n) is 5.12. The first-order chi connectivity index (χ1) is 9.10. The van der Waals surface area contributed by atoms with Gasteiger partial charge in [0.25, 0.3) is 0 Å². The van der Waals surface area contributed by atoms with Crippen LogP contribution in [0.1, 0.15) is 16.1 Å². The van der Waals surface area contributed by atoms with E-state index in [4.69, 9.17) is 10.4 Å². The Labute approximate surface area is 116 Å². The number of carboxylic acid groups (broad SMARTS) is 1. The molecular weight excluding hydrogens is 312 g/mol. The van der Waals surface area contributed by atoms with Crippen LogP contribution in [0.2, 0.25) is 0 Å². The summed E-state index contributed by atoms with van der Waals surface area (Å²) in [4.78, 5) is 18.4. The topological polar surface area (TPSA) is 98.9 Å². The van der Waals surface area contributed by atoms with E-state index in [1.54, 1.807) is 18.2 Å². The van der Waals surface area contributed by atoms with Crippen LogP contribution in [0.25, 0.3) is 0 Å². The smallest absolute Gasteiger partial charge is 0.356 e. The van der Waals surface area contributed by atoms with Crippen LogP contribution >= 0.6 is 15.9 Å². The number of nitrogens with zero attached hydrogens (tertiary/aromatic N) is 3. The summed E-state index contributed by atoms with van der Waals surface area (Å²) in [6, 6.07) is 7.14. The highest BCUT2D eigenvalue weighted by Crippen LogP contribution is 2.22. The average molecular weight is 319 g/mol. The van der Waals surface area contributed by atoms with Gasteiger partial charge in [0.2, 0.25) is 0 Å². The third-order valence-corrected chi connectivity index (χ3v) is 2.71. The second-order valence-corrected chi connectivity index (χ2v) is 4.44. The lowest BCUT2D eigenvalue weighted by Gasteiger charge is -2.07. The minimum absolute atomic E-state index is 0.166. The second kappa shape index (κ2) is 5.46. The van der Waals surface area contributed by atoms with E-state index in [9.17, 15) is 4.79 Å². The SMILES string of the molecule is N#Cc1cc(Br)ccc1Nc1cncc(C(=O)O)n1. The van der Waals surface area contributed by atoms with E-state index in [1.165, 1.54) is 6.20 Å². The Morgan fingerprint density at radius 1 is 1.42 bits per heavy atom. The summed E-state index contributed by atoms with van der Waals surface area (Å²) >= 11 is 3.27. The van der Waals surface area contributed by atoms with Crippen molar-refractivity contribution in [2.45, 2.75) is 0 Å². The molecule has 94 valence electrons. The predicted molar refractivity (Wildman–Crippen MR) is 71.1 cm³/mol. The van der Waals surface area contributed by atoms with Crippen LogP contribution in [-0.2, 0) is 0 Å². The highest BCUT2D eigenvalue weighted by molar-refractivity contribution is 9.10. The van der Waals surface area contributed by atoms with Crippen LogP contribution < -0.4 is 5.32 Å². The normalized spacial score (nSPS) is 9.68. The van der Waals surface area contributed by atoms with Gasteiger partial charge in [-0.15, -0.1) is 0 Å². The Hall–Kier alpha value is -2.46. The van der Waals surface area contributed by atoms with Crippen molar-refractivity contribution in [3.8, 4) is 6.07 Å². The number of halogens is 1. The molecule has 0 aliphatic heterocycles. The second-order valence-electron chi connectivity index (χ2n) is 3.52. The monoisotopic (exact) mass is 318 g/mol. The minimum Gasteiger partial charge on any atom is -0.476 e. The number of hydrogen-bond donors (Lipinski definition) is 2. The molecule has 0 aliphatic carbocycles. The first kappa shape index (κ1) is 13.0. The molecule has 0 amide bonds. The molecule has 2 aromatic rings. The molecule has 6 nitrogen and oxygen atoms in total. The maximum Gasteiger partial charge on any atom is 0.356 e. The summed E-state index contributed by atoms with van der Waals surface area (Å²) < 4.78 is 0.778. The molecule has 0 fully saturated rings. The van der Waals surface area contributed by atoms with Gasteiger partial charge in [-0.05, 0) is 18.2 Å². The molecule has 1 aromatic carbocycles. The highest BCUT2D eigenvalue weighted by Gasteiger charge is 2.08. The molecule has 1 aromatic heterocycles. The van der Waals surface area contributed by atoms with Gasteiger partial charge in [-0.2, -0.15) is 5.26 Å². The fourth-order valence-electron chi connectivity index (χ4n) is 1.39. The van der Waals surface area contributed by atoms with Crippen molar-refractivity contribution < 1.29 is 9.90 Å². The summed E-state index contributed by atoms with van der Waals surface area (Å²) in [7, 11) is 0.